The lowest BCUT2D eigenvalue weighted by Crippen LogP contribution is -2.14. The molecular weight excluding hydrogens is 366 g/mol. The maximum atomic E-state index is 12.8. The van der Waals surface area contributed by atoms with Crippen molar-refractivity contribution in [2.75, 3.05) is 7.11 Å². The molecule has 6 heteroatoms. The molecule has 2 aromatic carbocycles. The van der Waals surface area contributed by atoms with Crippen LogP contribution in [0.4, 0.5) is 0 Å². The number of ether oxygens (including phenoxy) is 1. The van der Waals surface area contributed by atoms with Gasteiger partial charge in [-0.05, 0) is 29.8 Å². The minimum absolute atomic E-state index is 0.0786. The molecule has 0 radical (unpaired) electrons. The fourth-order valence-electron chi connectivity index (χ4n) is 2.91. The molecule has 0 unspecified atom stereocenters. The average molecular weight is 391 g/mol. The Balaban J connectivity index is 2.00. The summed E-state index contributed by atoms with van der Waals surface area (Å²) in [5.41, 5.74) is 2.17. The van der Waals surface area contributed by atoms with E-state index in [4.69, 9.17) is 4.74 Å². The van der Waals surface area contributed by atoms with Crippen molar-refractivity contribution in [1.29, 1.82) is 0 Å². The molecule has 0 bridgehead atoms. The van der Waals surface area contributed by atoms with E-state index in [-0.39, 0.29) is 17.2 Å². The summed E-state index contributed by atoms with van der Waals surface area (Å²) in [7, 11) is 1.57. The van der Waals surface area contributed by atoms with Gasteiger partial charge in [-0.25, -0.2) is 4.99 Å². The Hall–Kier alpha value is -3.41. The molecule has 29 heavy (non-hydrogen) atoms. The van der Waals surface area contributed by atoms with E-state index in [2.05, 4.69) is 15.0 Å². The van der Waals surface area contributed by atoms with Gasteiger partial charge in [-0.3, -0.25) is 4.79 Å². The SMILES string of the molecule is COc1ccc(C(=O)N=C(Cc2ccccc2)c2nc(O)c(C(C)(C)C)[nH]2)cc1. The van der Waals surface area contributed by atoms with Crippen molar-refractivity contribution in [3.8, 4) is 11.6 Å². The number of rotatable bonds is 5. The van der Waals surface area contributed by atoms with Crippen LogP contribution >= 0.6 is 0 Å². The van der Waals surface area contributed by atoms with Crippen LogP contribution in [0.2, 0.25) is 0 Å². The van der Waals surface area contributed by atoms with Crippen LogP contribution in [0.25, 0.3) is 0 Å². The number of methoxy groups -OCH3 is 1. The largest absolute Gasteiger partial charge is 0.497 e. The zero-order valence-corrected chi connectivity index (χ0v) is 17.1. The first-order valence-corrected chi connectivity index (χ1v) is 9.37. The van der Waals surface area contributed by atoms with Crippen LogP contribution in [0.15, 0.2) is 59.6 Å². The Morgan fingerprint density at radius 1 is 1.10 bits per heavy atom. The van der Waals surface area contributed by atoms with Crippen LogP contribution in [0.1, 0.15) is 48.2 Å². The topological polar surface area (TPSA) is 87.6 Å². The molecule has 0 aliphatic heterocycles. The number of imidazole rings is 1. The first-order chi connectivity index (χ1) is 13.8. The summed E-state index contributed by atoms with van der Waals surface area (Å²) in [4.78, 5) is 24.5. The summed E-state index contributed by atoms with van der Waals surface area (Å²) < 4.78 is 5.14. The van der Waals surface area contributed by atoms with Gasteiger partial charge in [0.2, 0.25) is 5.88 Å². The van der Waals surface area contributed by atoms with Gasteiger partial charge in [-0.1, -0.05) is 51.1 Å². The molecule has 0 spiro atoms. The Morgan fingerprint density at radius 3 is 2.31 bits per heavy atom. The van der Waals surface area contributed by atoms with Gasteiger partial charge >= 0.3 is 0 Å². The number of amides is 1. The number of aromatic hydroxyl groups is 1. The van der Waals surface area contributed by atoms with Crippen molar-refractivity contribution >= 4 is 11.6 Å². The lowest BCUT2D eigenvalue weighted by atomic mass is 9.92. The number of benzene rings is 2. The van der Waals surface area contributed by atoms with Gasteiger partial charge in [-0.2, -0.15) is 4.98 Å². The number of H-pyrrole nitrogens is 1. The van der Waals surface area contributed by atoms with Crippen LogP contribution in [0.3, 0.4) is 0 Å². The molecule has 0 fully saturated rings. The maximum Gasteiger partial charge on any atom is 0.277 e. The van der Waals surface area contributed by atoms with Crippen molar-refractivity contribution in [2.45, 2.75) is 32.6 Å². The molecule has 0 saturated carbocycles. The number of hydrogen-bond donors (Lipinski definition) is 2. The maximum absolute atomic E-state index is 12.8. The zero-order chi connectivity index (χ0) is 21.0. The van der Waals surface area contributed by atoms with Crippen LogP contribution in [-0.4, -0.2) is 33.8 Å². The van der Waals surface area contributed by atoms with Gasteiger partial charge < -0.3 is 14.8 Å². The second kappa shape index (κ2) is 8.31. The third kappa shape index (κ3) is 4.90. The Bertz CT molecular complexity index is 1010. The second-order valence-corrected chi connectivity index (χ2v) is 7.79. The van der Waals surface area contributed by atoms with E-state index in [9.17, 15) is 9.90 Å². The first-order valence-electron chi connectivity index (χ1n) is 9.37. The molecule has 3 aromatic rings. The van der Waals surface area contributed by atoms with E-state index >= 15 is 0 Å². The molecule has 150 valence electrons. The number of aliphatic imine (C=N–C) groups is 1. The van der Waals surface area contributed by atoms with Crippen molar-refractivity contribution in [2.24, 2.45) is 4.99 Å². The number of aromatic amines is 1. The smallest absolute Gasteiger partial charge is 0.277 e. The van der Waals surface area contributed by atoms with Crippen molar-refractivity contribution in [3.05, 3.63) is 77.2 Å². The molecule has 2 N–H and O–H groups in total. The van der Waals surface area contributed by atoms with Gasteiger partial charge in [0.1, 0.15) is 5.75 Å². The first kappa shape index (κ1) is 20.3. The number of aromatic nitrogens is 2. The van der Waals surface area contributed by atoms with Crippen LogP contribution in [0.5, 0.6) is 11.6 Å². The molecule has 1 aromatic heterocycles. The van der Waals surface area contributed by atoms with Crippen LogP contribution in [-0.2, 0) is 11.8 Å². The molecule has 1 amide bonds. The minimum Gasteiger partial charge on any atom is -0.497 e. The van der Waals surface area contributed by atoms with Gasteiger partial charge in [0.05, 0.1) is 18.5 Å². The average Bonchev–Trinajstić information content (AvgIpc) is 3.10. The van der Waals surface area contributed by atoms with Gasteiger partial charge in [0, 0.05) is 17.4 Å². The van der Waals surface area contributed by atoms with E-state index < -0.39 is 0 Å². The Labute approximate surface area is 170 Å². The van der Waals surface area contributed by atoms with Gasteiger partial charge in [0.15, 0.2) is 5.82 Å². The lowest BCUT2D eigenvalue weighted by molar-refractivity contribution is 0.100. The van der Waals surface area contributed by atoms with E-state index in [1.807, 2.05) is 51.1 Å². The van der Waals surface area contributed by atoms with Gasteiger partial charge in [0.25, 0.3) is 5.91 Å². The summed E-state index contributed by atoms with van der Waals surface area (Å²) in [5, 5.41) is 10.3. The third-order valence-electron chi connectivity index (χ3n) is 4.50. The summed E-state index contributed by atoms with van der Waals surface area (Å²) in [6.07, 6.45) is 0.402. The molecule has 0 aliphatic carbocycles. The second-order valence-electron chi connectivity index (χ2n) is 7.79. The molecule has 0 saturated heterocycles. The number of hydrogen-bond acceptors (Lipinski definition) is 4. The highest BCUT2D eigenvalue weighted by molar-refractivity contribution is 6.09. The van der Waals surface area contributed by atoms with Crippen LogP contribution < -0.4 is 4.74 Å². The normalized spacial score (nSPS) is 12.1. The van der Waals surface area contributed by atoms with E-state index in [0.29, 0.717) is 35.0 Å². The fraction of sp³-hybridized carbons (Fsp3) is 0.261. The zero-order valence-electron chi connectivity index (χ0n) is 17.1. The van der Waals surface area contributed by atoms with E-state index in [1.165, 1.54) is 0 Å². The summed E-state index contributed by atoms with van der Waals surface area (Å²) >= 11 is 0. The Kier molecular flexibility index (Phi) is 5.82. The lowest BCUT2D eigenvalue weighted by Gasteiger charge is -2.15. The Morgan fingerprint density at radius 2 is 1.76 bits per heavy atom. The van der Waals surface area contributed by atoms with E-state index in [0.717, 1.165) is 5.56 Å². The summed E-state index contributed by atoms with van der Waals surface area (Å²) in [6.45, 7) is 5.92. The fourth-order valence-corrected chi connectivity index (χ4v) is 2.91. The van der Waals surface area contributed by atoms with E-state index in [1.54, 1.807) is 31.4 Å². The molecule has 3 rings (SSSR count). The molecular formula is C23H25N3O3. The molecule has 6 nitrogen and oxygen atoms in total. The predicted molar refractivity (Wildman–Crippen MR) is 113 cm³/mol. The number of nitrogens with zero attached hydrogens (tertiary/aromatic N) is 2. The predicted octanol–water partition coefficient (Wildman–Crippen LogP) is 4.29. The summed E-state index contributed by atoms with van der Waals surface area (Å²) in [6, 6.07) is 16.5. The van der Waals surface area contributed by atoms with Crippen LogP contribution in [0, 0.1) is 0 Å². The summed E-state index contributed by atoms with van der Waals surface area (Å²) in [5.74, 6) is 0.593. The highest BCUT2D eigenvalue weighted by Gasteiger charge is 2.24. The number of nitrogens with one attached hydrogen (secondary N) is 1. The van der Waals surface area contributed by atoms with Gasteiger partial charge in [-0.15, -0.1) is 0 Å². The van der Waals surface area contributed by atoms with Crippen molar-refractivity contribution in [3.63, 3.8) is 0 Å². The van der Waals surface area contributed by atoms with Crippen molar-refractivity contribution in [1.82, 2.24) is 9.97 Å². The minimum atomic E-state index is -0.383. The molecule has 1 heterocycles. The number of carbonyl (C=O) groups is 1. The highest BCUT2D eigenvalue weighted by atomic mass is 16.5. The monoisotopic (exact) mass is 391 g/mol. The standard InChI is InChI=1S/C23H25N3O3/c1-23(2,3)19-22(28)26-20(25-19)18(14-15-8-6-5-7-9-15)24-21(27)16-10-12-17(29-4)13-11-16/h5-13,28H,14H2,1-4H3,(H,25,26). The molecule has 0 aliphatic rings. The van der Waals surface area contributed by atoms with Crippen molar-refractivity contribution < 1.29 is 14.6 Å². The quantitative estimate of drug-likeness (QED) is 0.635. The highest BCUT2D eigenvalue weighted by Crippen LogP contribution is 2.28. The molecule has 0 atom stereocenters. The number of carbonyl (C=O) groups excluding carboxylic acids is 1. The third-order valence-corrected chi connectivity index (χ3v) is 4.50.